The maximum Gasteiger partial charge on any atom is 0.241 e. The van der Waals surface area contributed by atoms with Gasteiger partial charge >= 0.3 is 0 Å². The smallest absolute Gasteiger partial charge is 0.241 e. The number of hydrazone groups is 1. The number of ether oxygens (including phenoxy) is 1. The van der Waals surface area contributed by atoms with Gasteiger partial charge in [-0.25, -0.2) is 10.4 Å². The summed E-state index contributed by atoms with van der Waals surface area (Å²) in [5, 5.41) is 3.97. The highest BCUT2D eigenvalue weighted by atomic mass is 35.5. The Morgan fingerprint density at radius 1 is 1.15 bits per heavy atom. The highest BCUT2D eigenvalue weighted by Crippen LogP contribution is 2.30. The first-order valence-corrected chi connectivity index (χ1v) is 8.05. The summed E-state index contributed by atoms with van der Waals surface area (Å²) in [5.41, 5.74) is 5.90. The van der Waals surface area contributed by atoms with Crippen molar-refractivity contribution in [1.29, 1.82) is 0 Å². The largest absolute Gasteiger partial charge is 0.497 e. The predicted molar refractivity (Wildman–Crippen MR) is 104 cm³/mol. The molecule has 1 aliphatic heterocycles. The van der Waals surface area contributed by atoms with E-state index in [1.54, 1.807) is 13.3 Å². The van der Waals surface area contributed by atoms with Crippen molar-refractivity contribution in [1.82, 2.24) is 15.4 Å². The third-order valence-corrected chi connectivity index (χ3v) is 4.57. The monoisotopic (exact) mass is 370 g/mol. The van der Waals surface area contributed by atoms with Gasteiger partial charge in [0.05, 0.1) is 18.1 Å². The summed E-state index contributed by atoms with van der Waals surface area (Å²) >= 11 is 0. The number of halogens is 1. The standard InChI is InChI=1S/C19H18N4O2.ClH/c1-19(10-17(24)23-20-11-19)13-5-8-15-16(9-13)22-18(21-15)12-3-6-14(25-2)7-4-12;/h3-9,11H,10H2,1-2H3,(H,21,22)(H,23,24);1H. The average Bonchev–Trinajstić information content (AvgIpc) is 3.05. The van der Waals surface area contributed by atoms with E-state index in [2.05, 4.69) is 20.5 Å². The molecule has 0 aliphatic carbocycles. The molecule has 0 saturated heterocycles. The number of nitrogens with one attached hydrogen (secondary N) is 2. The number of amides is 1. The van der Waals surface area contributed by atoms with Gasteiger partial charge in [-0.05, 0) is 48.9 Å². The summed E-state index contributed by atoms with van der Waals surface area (Å²) < 4.78 is 5.19. The van der Waals surface area contributed by atoms with Crippen LogP contribution >= 0.6 is 12.4 Å². The Morgan fingerprint density at radius 3 is 2.62 bits per heavy atom. The molecule has 0 fully saturated rings. The van der Waals surface area contributed by atoms with Crippen molar-refractivity contribution in [3.8, 4) is 17.1 Å². The van der Waals surface area contributed by atoms with Crippen LogP contribution in [-0.4, -0.2) is 29.2 Å². The van der Waals surface area contributed by atoms with Crippen LogP contribution in [0.1, 0.15) is 18.9 Å². The molecule has 26 heavy (non-hydrogen) atoms. The van der Waals surface area contributed by atoms with Gasteiger partial charge in [-0.3, -0.25) is 4.79 Å². The Kier molecular flexibility index (Phi) is 4.70. The fourth-order valence-electron chi connectivity index (χ4n) is 3.09. The molecule has 134 valence electrons. The zero-order chi connectivity index (χ0) is 17.4. The number of hydrogen-bond donors (Lipinski definition) is 2. The Labute approximate surface area is 157 Å². The Bertz CT molecular complexity index is 981. The second kappa shape index (κ2) is 6.80. The van der Waals surface area contributed by atoms with E-state index in [9.17, 15) is 4.79 Å². The van der Waals surface area contributed by atoms with Crippen molar-refractivity contribution >= 4 is 35.6 Å². The molecule has 4 rings (SSSR count). The number of hydrogen-bond acceptors (Lipinski definition) is 4. The highest BCUT2D eigenvalue weighted by molar-refractivity contribution is 5.90. The number of aromatic nitrogens is 2. The first-order chi connectivity index (χ1) is 12.1. The topological polar surface area (TPSA) is 79.4 Å². The van der Waals surface area contributed by atoms with Crippen molar-refractivity contribution in [2.24, 2.45) is 5.10 Å². The van der Waals surface area contributed by atoms with E-state index in [4.69, 9.17) is 4.74 Å². The molecule has 2 heterocycles. The van der Waals surface area contributed by atoms with Crippen LogP contribution in [0.15, 0.2) is 47.6 Å². The number of H-pyrrole nitrogens is 1. The zero-order valence-electron chi connectivity index (χ0n) is 14.4. The lowest BCUT2D eigenvalue weighted by Gasteiger charge is -2.27. The van der Waals surface area contributed by atoms with Crippen LogP contribution in [0.25, 0.3) is 22.4 Å². The molecule has 0 saturated carbocycles. The lowest BCUT2D eigenvalue weighted by Crippen LogP contribution is -2.37. The molecule has 1 amide bonds. The number of carbonyl (C=O) groups is 1. The molecular weight excluding hydrogens is 352 g/mol. The van der Waals surface area contributed by atoms with E-state index < -0.39 is 5.41 Å². The van der Waals surface area contributed by atoms with Crippen LogP contribution in [-0.2, 0) is 10.2 Å². The minimum absolute atomic E-state index is 0. The molecule has 6 nitrogen and oxygen atoms in total. The first kappa shape index (κ1) is 17.9. The van der Waals surface area contributed by atoms with E-state index in [-0.39, 0.29) is 18.3 Å². The average molecular weight is 371 g/mol. The number of carbonyl (C=O) groups excluding carboxylic acids is 1. The Balaban J connectivity index is 0.00000196. The van der Waals surface area contributed by atoms with Crippen LogP contribution in [0.3, 0.4) is 0 Å². The molecule has 2 aromatic carbocycles. The quantitative estimate of drug-likeness (QED) is 0.741. The van der Waals surface area contributed by atoms with Gasteiger partial charge in [0.1, 0.15) is 11.6 Å². The number of fused-ring (bicyclic) bond motifs is 1. The Morgan fingerprint density at radius 2 is 1.92 bits per heavy atom. The van der Waals surface area contributed by atoms with E-state index in [0.29, 0.717) is 6.42 Å². The molecular formula is C19H19ClN4O2. The predicted octanol–water partition coefficient (Wildman–Crippen LogP) is 3.42. The van der Waals surface area contributed by atoms with Crippen molar-refractivity contribution in [2.45, 2.75) is 18.8 Å². The van der Waals surface area contributed by atoms with Crippen molar-refractivity contribution < 1.29 is 9.53 Å². The van der Waals surface area contributed by atoms with E-state index in [1.165, 1.54) is 0 Å². The summed E-state index contributed by atoms with van der Waals surface area (Å²) in [4.78, 5) is 19.7. The fraction of sp³-hybridized carbons (Fsp3) is 0.211. The maximum absolute atomic E-state index is 11.7. The van der Waals surface area contributed by atoms with Crippen LogP contribution in [0.5, 0.6) is 5.75 Å². The normalized spacial score (nSPS) is 19.1. The summed E-state index contributed by atoms with van der Waals surface area (Å²) in [6.45, 7) is 2.01. The fourth-order valence-corrected chi connectivity index (χ4v) is 3.09. The summed E-state index contributed by atoms with van der Waals surface area (Å²) in [6.07, 6.45) is 2.16. The zero-order valence-corrected chi connectivity index (χ0v) is 15.3. The summed E-state index contributed by atoms with van der Waals surface area (Å²) in [7, 11) is 1.65. The van der Waals surface area contributed by atoms with Crippen molar-refractivity contribution in [3.05, 3.63) is 48.0 Å². The van der Waals surface area contributed by atoms with Gasteiger partial charge in [-0.2, -0.15) is 5.10 Å². The number of rotatable bonds is 3. The molecule has 0 bridgehead atoms. The van der Waals surface area contributed by atoms with E-state index >= 15 is 0 Å². The number of aromatic amines is 1. The van der Waals surface area contributed by atoms with Crippen molar-refractivity contribution in [2.75, 3.05) is 7.11 Å². The SMILES string of the molecule is COc1ccc(-c2nc3ccc(C4(C)C=NNC(=O)C4)cc3[nH]2)cc1.Cl. The van der Waals surface area contributed by atoms with Crippen LogP contribution in [0.2, 0.25) is 0 Å². The van der Waals surface area contributed by atoms with Gasteiger partial charge in [0, 0.05) is 23.6 Å². The van der Waals surface area contributed by atoms with Gasteiger partial charge in [0.15, 0.2) is 0 Å². The minimum atomic E-state index is -0.415. The lowest BCUT2D eigenvalue weighted by molar-refractivity contribution is -0.122. The van der Waals surface area contributed by atoms with Gasteiger partial charge < -0.3 is 9.72 Å². The number of benzene rings is 2. The summed E-state index contributed by atoms with van der Waals surface area (Å²) in [6, 6.07) is 13.8. The number of imidazole rings is 1. The van der Waals surface area contributed by atoms with Gasteiger partial charge in [-0.1, -0.05) is 6.07 Å². The van der Waals surface area contributed by atoms with Gasteiger partial charge in [-0.15, -0.1) is 12.4 Å². The molecule has 7 heteroatoms. The number of nitrogens with zero attached hydrogens (tertiary/aromatic N) is 2. The van der Waals surface area contributed by atoms with Crippen LogP contribution in [0, 0.1) is 0 Å². The minimum Gasteiger partial charge on any atom is -0.497 e. The highest BCUT2D eigenvalue weighted by Gasteiger charge is 2.31. The third-order valence-electron chi connectivity index (χ3n) is 4.57. The molecule has 1 atom stereocenters. The maximum atomic E-state index is 11.7. The van der Waals surface area contributed by atoms with Gasteiger partial charge in [0.25, 0.3) is 0 Å². The van der Waals surface area contributed by atoms with Gasteiger partial charge in [0.2, 0.25) is 5.91 Å². The lowest BCUT2D eigenvalue weighted by atomic mass is 9.79. The second-order valence-electron chi connectivity index (χ2n) is 6.43. The molecule has 1 unspecified atom stereocenters. The molecule has 2 N–H and O–H groups in total. The Hall–Kier alpha value is -2.86. The number of methoxy groups -OCH3 is 1. The third kappa shape index (κ3) is 3.15. The summed E-state index contributed by atoms with van der Waals surface area (Å²) in [5.74, 6) is 1.54. The second-order valence-corrected chi connectivity index (χ2v) is 6.43. The van der Waals surface area contributed by atoms with E-state index in [1.807, 2.05) is 49.4 Å². The molecule has 0 radical (unpaired) electrons. The first-order valence-electron chi connectivity index (χ1n) is 8.05. The molecule has 3 aromatic rings. The van der Waals surface area contributed by atoms with Crippen molar-refractivity contribution in [3.63, 3.8) is 0 Å². The molecule has 0 spiro atoms. The van der Waals surface area contributed by atoms with Crippen LogP contribution < -0.4 is 10.2 Å². The van der Waals surface area contributed by atoms with E-state index in [0.717, 1.165) is 33.7 Å². The molecule has 1 aromatic heterocycles. The molecule has 1 aliphatic rings. The van der Waals surface area contributed by atoms with Crippen LogP contribution in [0.4, 0.5) is 0 Å².